The van der Waals surface area contributed by atoms with Crippen LogP contribution in [0, 0.1) is 17.6 Å². The van der Waals surface area contributed by atoms with Gasteiger partial charge in [-0.05, 0) is 55.0 Å². The van der Waals surface area contributed by atoms with E-state index in [1.54, 1.807) is 18.4 Å². The summed E-state index contributed by atoms with van der Waals surface area (Å²) in [5, 5.41) is 0. The zero-order valence-electron chi connectivity index (χ0n) is 18.6. The van der Waals surface area contributed by atoms with E-state index in [1.165, 1.54) is 18.3 Å². The number of pyridine rings is 1. The van der Waals surface area contributed by atoms with Crippen molar-refractivity contribution >= 4 is 16.7 Å². The third kappa shape index (κ3) is 5.52. The van der Waals surface area contributed by atoms with E-state index in [2.05, 4.69) is 26.8 Å². The lowest BCUT2D eigenvalue weighted by atomic mass is 10.1. The van der Waals surface area contributed by atoms with E-state index < -0.39 is 22.4 Å². The van der Waals surface area contributed by atoms with Crippen LogP contribution < -0.4 is 9.64 Å². The Kier molecular flexibility index (Phi) is 7.27. The van der Waals surface area contributed by atoms with Crippen molar-refractivity contribution in [1.82, 2.24) is 15.0 Å². The first-order valence-corrected chi connectivity index (χ1v) is 12.5. The number of hydrogen-bond acceptors (Lipinski definition) is 6. The maximum atomic E-state index is 14.6. The molecule has 4 rings (SSSR count). The molecule has 0 saturated carbocycles. The summed E-state index contributed by atoms with van der Waals surface area (Å²) in [4.78, 5) is 15.7. The Morgan fingerprint density at radius 3 is 2.45 bits per heavy atom. The summed E-state index contributed by atoms with van der Waals surface area (Å²) in [6, 6.07) is 5.64. The quantitative estimate of drug-likeness (QED) is 0.484. The van der Waals surface area contributed by atoms with E-state index in [0.29, 0.717) is 28.5 Å². The molecule has 3 aromatic rings. The first kappa shape index (κ1) is 23.2. The molecule has 0 radical (unpaired) electrons. The molecule has 2 unspecified atom stereocenters. The Morgan fingerprint density at radius 1 is 1.12 bits per heavy atom. The number of aryl methyl sites for hydroxylation is 1. The summed E-state index contributed by atoms with van der Waals surface area (Å²) in [5.41, 5.74) is 1.79. The smallest absolute Gasteiger partial charge is 0.225 e. The van der Waals surface area contributed by atoms with Crippen molar-refractivity contribution in [3.05, 3.63) is 60.1 Å². The van der Waals surface area contributed by atoms with E-state index in [9.17, 15) is 13.0 Å². The van der Waals surface area contributed by atoms with Crippen LogP contribution in [0.2, 0.25) is 0 Å². The fourth-order valence-corrected chi connectivity index (χ4v) is 4.30. The summed E-state index contributed by atoms with van der Waals surface area (Å²) in [6.45, 7) is 3.93. The summed E-state index contributed by atoms with van der Waals surface area (Å²) >= 11 is 0. The minimum absolute atomic E-state index is 0.219. The van der Waals surface area contributed by atoms with Crippen LogP contribution in [0.4, 0.5) is 14.7 Å². The third-order valence-electron chi connectivity index (χ3n) is 5.80. The minimum Gasteiger partial charge on any atom is -0.488 e. The second kappa shape index (κ2) is 10.3. The van der Waals surface area contributed by atoms with Gasteiger partial charge in [-0.15, -0.1) is 0 Å². The van der Waals surface area contributed by atoms with E-state index >= 15 is 0 Å². The lowest BCUT2D eigenvalue weighted by Gasteiger charge is -2.16. The fourth-order valence-electron chi connectivity index (χ4n) is 3.84. The minimum atomic E-state index is -1.17. The normalized spacial score (nSPS) is 16.7. The number of benzene rings is 1. The molecule has 2 atom stereocenters. The molecule has 33 heavy (non-hydrogen) atoms. The second-order valence-corrected chi connectivity index (χ2v) is 9.46. The molecular formula is C24H26F2N4O2S. The van der Waals surface area contributed by atoms with E-state index in [4.69, 9.17) is 4.74 Å². The highest BCUT2D eigenvalue weighted by molar-refractivity contribution is 7.84. The number of ether oxygens (including phenoxy) is 1. The Balaban J connectivity index is 1.33. The Labute approximate surface area is 194 Å². The molecule has 9 heteroatoms. The van der Waals surface area contributed by atoms with Gasteiger partial charge in [0.05, 0.1) is 28.0 Å². The van der Waals surface area contributed by atoms with Gasteiger partial charge in [0.2, 0.25) is 5.95 Å². The number of halogens is 2. The highest BCUT2D eigenvalue weighted by atomic mass is 32.2. The molecule has 1 aliphatic rings. The average Bonchev–Trinajstić information content (AvgIpc) is 3.29. The van der Waals surface area contributed by atoms with E-state index in [0.717, 1.165) is 37.4 Å². The molecule has 0 spiro atoms. The Morgan fingerprint density at radius 2 is 1.85 bits per heavy atom. The lowest BCUT2D eigenvalue weighted by Crippen LogP contribution is -2.22. The standard InChI is InChI=1S/C24H26F2N4O2S/c1-3-16-12-28-24(29-13-16)30-8-6-17(15-30)7-9-32-23-20(25)10-18(11-21(23)26)22-5-4-19(14-27-22)33(2)31/h4-5,10-14,17H,3,6-9,15H2,1-2H3. The number of nitrogens with zero attached hydrogens (tertiary/aromatic N) is 4. The van der Waals surface area contributed by atoms with Crippen LogP contribution in [-0.2, 0) is 17.2 Å². The van der Waals surface area contributed by atoms with Gasteiger partial charge in [0.25, 0.3) is 0 Å². The van der Waals surface area contributed by atoms with Gasteiger partial charge in [-0.25, -0.2) is 18.7 Å². The van der Waals surface area contributed by atoms with Gasteiger partial charge in [0.1, 0.15) is 0 Å². The van der Waals surface area contributed by atoms with Crippen LogP contribution in [-0.4, -0.2) is 45.1 Å². The molecule has 1 saturated heterocycles. The number of anilines is 1. The largest absolute Gasteiger partial charge is 0.488 e. The molecule has 3 heterocycles. The van der Waals surface area contributed by atoms with Crippen molar-refractivity contribution in [1.29, 1.82) is 0 Å². The molecule has 0 bridgehead atoms. The molecule has 1 aromatic carbocycles. The topological polar surface area (TPSA) is 68.2 Å². The Bertz CT molecular complexity index is 1100. The van der Waals surface area contributed by atoms with Crippen LogP contribution in [0.25, 0.3) is 11.3 Å². The zero-order valence-corrected chi connectivity index (χ0v) is 19.4. The molecule has 1 aliphatic heterocycles. The van der Waals surface area contributed by atoms with Crippen LogP contribution in [0.15, 0.2) is 47.8 Å². The maximum absolute atomic E-state index is 14.6. The fraction of sp³-hybridized carbons (Fsp3) is 0.375. The van der Waals surface area contributed by atoms with Gasteiger partial charge < -0.3 is 9.64 Å². The highest BCUT2D eigenvalue weighted by Crippen LogP contribution is 2.29. The van der Waals surface area contributed by atoms with Crippen LogP contribution >= 0.6 is 0 Å². The first-order chi connectivity index (χ1) is 15.9. The lowest BCUT2D eigenvalue weighted by molar-refractivity contribution is 0.259. The molecule has 0 amide bonds. The maximum Gasteiger partial charge on any atom is 0.225 e. The van der Waals surface area contributed by atoms with Gasteiger partial charge in [0.15, 0.2) is 17.4 Å². The predicted octanol–water partition coefficient (Wildman–Crippen LogP) is 4.41. The Hall–Kier alpha value is -2.94. The molecule has 6 nitrogen and oxygen atoms in total. The van der Waals surface area contributed by atoms with E-state index in [-0.39, 0.29) is 12.4 Å². The zero-order chi connectivity index (χ0) is 23.4. The molecule has 0 N–H and O–H groups in total. The van der Waals surface area contributed by atoms with Crippen molar-refractivity contribution in [3.8, 4) is 17.0 Å². The summed E-state index contributed by atoms with van der Waals surface area (Å²) in [6.07, 6.45) is 9.23. The van der Waals surface area contributed by atoms with Crippen LogP contribution in [0.5, 0.6) is 5.75 Å². The van der Waals surface area contributed by atoms with Crippen molar-refractivity contribution in [2.24, 2.45) is 5.92 Å². The monoisotopic (exact) mass is 472 g/mol. The third-order valence-corrected chi connectivity index (χ3v) is 6.71. The SMILES string of the molecule is CCc1cnc(N2CCC(CCOc3c(F)cc(-c4ccc(S(C)=O)cn4)cc3F)C2)nc1. The van der Waals surface area contributed by atoms with Crippen molar-refractivity contribution in [3.63, 3.8) is 0 Å². The molecule has 174 valence electrons. The van der Waals surface area contributed by atoms with Gasteiger partial charge >= 0.3 is 0 Å². The van der Waals surface area contributed by atoms with E-state index in [1.807, 2.05) is 12.4 Å². The highest BCUT2D eigenvalue weighted by Gasteiger charge is 2.24. The predicted molar refractivity (Wildman–Crippen MR) is 124 cm³/mol. The molecular weight excluding hydrogens is 446 g/mol. The van der Waals surface area contributed by atoms with Crippen molar-refractivity contribution in [2.75, 3.05) is 30.9 Å². The summed E-state index contributed by atoms with van der Waals surface area (Å²) in [5.74, 6) is -0.856. The van der Waals surface area contributed by atoms with Crippen molar-refractivity contribution < 1.29 is 17.7 Å². The number of aromatic nitrogens is 3. The number of rotatable bonds is 8. The van der Waals surface area contributed by atoms with Crippen LogP contribution in [0.3, 0.4) is 0 Å². The van der Waals surface area contributed by atoms with Crippen LogP contribution in [0.1, 0.15) is 25.3 Å². The van der Waals surface area contributed by atoms with Crippen molar-refractivity contribution in [2.45, 2.75) is 31.1 Å². The summed E-state index contributed by atoms with van der Waals surface area (Å²) < 4.78 is 46.1. The first-order valence-electron chi connectivity index (χ1n) is 10.9. The average molecular weight is 473 g/mol. The number of hydrogen-bond donors (Lipinski definition) is 0. The van der Waals surface area contributed by atoms with Gasteiger partial charge in [-0.3, -0.25) is 9.19 Å². The molecule has 2 aromatic heterocycles. The van der Waals surface area contributed by atoms with Gasteiger partial charge in [0, 0.05) is 43.5 Å². The second-order valence-electron chi connectivity index (χ2n) is 8.09. The molecule has 0 aliphatic carbocycles. The van der Waals surface area contributed by atoms with Gasteiger partial charge in [-0.2, -0.15) is 0 Å². The summed E-state index contributed by atoms with van der Waals surface area (Å²) in [7, 11) is -1.17. The van der Waals surface area contributed by atoms with Gasteiger partial charge in [-0.1, -0.05) is 6.92 Å². The molecule has 1 fully saturated rings.